The molecule has 32 heavy (non-hydrogen) atoms. The van der Waals surface area contributed by atoms with E-state index < -0.39 is 0 Å². The van der Waals surface area contributed by atoms with Crippen LogP contribution < -0.4 is 14.8 Å². The first-order chi connectivity index (χ1) is 15.4. The van der Waals surface area contributed by atoms with Gasteiger partial charge in [0.25, 0.3) is 5.91 Å². The van der Waals surface area contributed by atoms with Gasteiger partial charge < -0.3 is 14.8 Å². The molecule has 0 spiro atoms. The van der Waals surface area contributed by atoms with Crippen molar-refractivity contribution in [2.75, 3.05) is 18.5 Å². The predicted octanol–water partition coefficient (Wildman–Crippen LogP) is 7.34. The number of aliphatic imine (C=N–C) groups is 1. The van der Waals surface area contributed by atoms with Gasteiger partial charge in [-0.2, -0.15) is 0 Å². The van der Waals surface area contributed by atoms with Crippen molar-refractivity contribution in [2.24, 2.45) is 4.99 Å². The van der Waals surface area contributed by atoms with Gasteiger partial charge in [-0.3, -0.25) is 9.79 Å². The Morgan fingerprint density at radius 1 is 1.06 bits per heavy atom. The molecule has 5 nitrogen and oxygen atoms in total. The summed E-state index contributed by atoms with van der Waals surface area (Å²) in [6.45, 7) is 4.32. The van der Waals surface area contributed by atoms with Gasteiger partial charge in [0.05, 0.1) is 21.2 Å². The van der Waals surface area contributed by atoms with Crippen molar-refractivity contribution >= 4 is 67.0 Å². The minimum Gasteiger partial charge on any atom is -0.494 e. The van der Waals surface area contributed by atoms with Crippen LogP contribution in [0.25, 0.3) is 0 Å². The van der Waals surface area contributed by atoms with E-state index in [1.54, 1.807) is 18.3 Å². The molecule has 0 saturated carbocycles. The fourth-order valence-electron chi connectivity index (χ4n) is 2.74. The number of benzene rings is 3. The van der Waals surface area contributed by atoms with E-state index in [2.05, 4.69) is 42.2 Å². The van der Waals surface area contributed by atoms with E-state index in [1.165, 1.54) is 0 Å². The fourth-order valence-corrected chi connectivity index (χ4v) is 4.37. The molecule has 0 aliphatic heterocycles. The Kier molecular flexibility index (Phi) is 8.73. The van der Waals surface area contributed by atoms with E-state index in [1.807, 2.05) is 56.3 Å². The normalized spacial score (nSPS) is 10.9. The first kappa shape index (κ1) is 24.3. The number of halogens is 3. The molecule has 1 N–H and O–H groups in total. The summed E-state index contributed by atoms with van der Waals surface area (Å²) in [7, 11) is 0. The van der Waals surface area contributed by atoms with Crippen molar-refractivity contribution in [2.45, 2.75) is 13.8 Å². The quantitative estimate of drug-likeness (QED) is 0.284. The van der Waals surface area contributed by atoms with Crippen molar-refractivity contribution in [3.63, 3.8) is 0 Å². The second-order valence-corrected chi connectivity index (χ2v) is 8.92. The molecule has 166 valence electrons. The number of carbonyl (C=O) groups is 1. The van der Waals surface area contributed by atoms with Crippen LogP contribution in [-0.4, -0.2) is 25.3 Å². The number of nitrogens with zero attached hydrogens (tertiary/aromatic N) is 1. The number of nitrogens with one attached hydrogen (secondary N) is 1. The summed E-state index contributed by atoms with van der Waals surface area (Å²) in [5, 5.41) is 3.37. The van der Waals surface area contributed by atoms with Gasteiger partial charge in [0.1, 0.15) is 11.5 Å². The summed E-state index contributed by atoms with van der Waals surface area (Å²) in [6.07, 6.45) is 1.75. The summed E-state index contributed by atoms with van der Waals surface area (Å²) < 4.78 is 12.6. The number of aryl methyl sites for hydroxylation is 1. The van der Waals surface area contributed by atoms with Crippen molar-refractivity contribution < 1.29 is 14.3 Å². The molecule has 3 rings (SSSR count). The van der Waals surface area contributed by atoms with Gasteiger partial charge in [0.2, 0.25) is 0 Å². The van der Waals surface area contributed by atoms with Crippen molar-refractivity contribution in [1.82, 2.24) is 0 Å². The average molecular weight is 581 g/mol. The summed E-state index contributed by atoms with van der Waals surface area (Å²) in [4.78, 5) is 16.7. The first-order valence-corrected chi connectivity index (χ1v) is 11.8. The van der Waals surface area contributed by atoms with Crippen molar-refractivity contribution in [1.29, 1.82) is 0 Å². The highest BCUT2D eigenvalue weighted by Crippen LogP contribution is 2.34. The van der Waals surface area contributed by atoms with Gasteiger partial charge in [0, 0.05) is 16.9 Å². The van der Waals surface area contributed by atoms with Crippen LogP contribution in [0.4, 0.5) is 11.4 Å². The van der Waals surface area contributed by atoms with Gasteiger partial charge in [0.15, 0.2) is 6.61 Å². The van der Waals surface area contributed by atoms with Crippen LogP contribution in [0.1, 0.15) is 18.1 Å². The largest absolute Gasteiger partial charge is 0.494 e. The first-order valence-electron chi connectivity index (χ1n) is 9.80. The molecule has 0 unspecified atom stereocenters. The molecule has 3 aromatic rings. The van der Waals surface area contributed by atoms with Crippen LogP contribution in [0.3, 0.4) is 0 Å². The lowest BCUT2D eigenvalue weighted by molar-refractivity contribution is -0.118. The zero-order valence-electron chi connectivity index (χ0n) is 17.5. The Balaban J connectivity index is 1.62. The summed E-state index contributed by atoms with van der Waals surface area (Å²) in [5.41, 5.74) is 3.24. The van der Waals surface area contributed by atoms with Gasteiger partial charge in [-0.05, 0) is 105 Å². The third kappa shape index (κ3) is 6.82. The van der Waals surface area contributed by atoms with Gasteiger partial charge in [-0.1, -0.05) is 17.7 Å². The monoisotopic (exact) mass is 578 g/mol. The van der Waals surface area contributed by atoms with Gasteiger partial charge in [-0.25, -0.2) is 0 Å². The summed E-state index contributed by atoms with van der Waals surface area (Å²) in [6, 6.07) is 16.6. The lowest BCUT2D eigenvalue weighted by atomic mass is 10.2. The highest BCUT2D eigenvalue weighted by atomic mass is 79.9. The van der Waals surface area contributed by atoms with Crippen LogP contribution in [0.5, 0.6) is 11.5 Å². The number of hydrogen-bond acceptors (Lipinski definition) is 4. The maximum atomic E-state index is 12.3. The third-order valence-electron chi connectivity index (χ3n) is 4.33. The maximum absolute atomic E-state index is 12.3. The molecule has 3 aromatic carbocycles. The molecule has 8 heteroatoms. The Hall–Kier alpha value is -2.35. The second kappa shape index (κ2) is 11.5. The zero-order valence-corrected chi connectivity index (χ0v) is 21.4. The number of rotatable bonds is 8. The second-order valence-electron chi connectivity index (χ2n) is 6.80. The number of carbonyl (C=O) groups excluding carboxylic acids is 1. The van der Waals surface area contributed by atoms with Crippen molar-refractivity contribution in [3.8, 4) is 11.5 Å². The van der Waals surface area contributed by atoms with E-state index in [0.29, 0.717) is 32.0 Å². The highest BCUT2D eigenvalue weighted by molar-refractivity contribution is 9.11. The van der Waals surface area contributed by atoms with Gasteiger partial charge >= 0.3 is 0 Å². The molecular weight excluding hydrogens is 560 g/mol. The smallest absolute Gasteiger partial charge is 0.262 e. The molecule has 0 heterocycles. The van der Waals surface area contributed by atoms with E-state index in [-0.39, 0.29) is 12.5 Å². The van der Waals surface area contributed by atoms with E-state index in [0.717, 1.165) is 22.6 Å². The van der Waals surface area contributed by atoms with Crippen LogP contribution in [0, 0.1) is 6.92 Å². The zero-order chi connectivity index (χ0) is 23.1. The Morgan fingerprint density at radius 2 is 1.75 bits per heavy atom. The summed E-state index contributed by atoms with van der Waals surface area (Å²) >= 11 is 13.1. The maximum Gasteiger partial charge on any atom is 0.262 e. The Labute approximate surface area is 209 Å². The molecule has 0 bridgehead atoms. The topological polar surface area (TPSA) is 59.9 Å². The highest BCUT2D eigenvalue weighted by Gasteiger charge is 2.11. The molecule has 0 radical (unpaired) electrons. The molecule has 0 atom stereocenters. The van der Waals surface area contributed by atoms with E-state index >= 15 is 0 Å². The average Bonchev–Trinajstić information content (AvgIpc) is 2.75. The molecule has 0 saturated heterocycles. The summed E-state index contributed by atoms with van der Waals surface area (Å²) in [5.74, 6) is 1.05. The molecule has 0 aliphatic carbocycles. The Morgan fingerprint density at radius 3 is 2.38 bits per heavy atom. The Bertz CT molecular complexity index is 1110. The van der Waals surface area contributed by atoms with E-state index in [4.69, 9.17) is 21.1 Å². The van der Waals surface area contributed by atoms with Crippen LogP contribution in [0.15, 0.2) is 68.5 Å². The fraction of sp³-hybridized carbons (Fsp3) is 0.167. The molecular formula is C24H21Br2ClN2O3. The molecule has 0 fully saturated rings. The minimum atomic E-state index is -0.287. The standard InChI is InChI=1S/C24H21Br2ClN2O3/c1-3-31-19-8-6-17(7-9-19)28-13-16-10-20(25)24(21(26)11-16)32-14-23(30)29-18-5-4-15(2)22(27)12-18/h4-13H,3,14H2,1-2H3,(H,29,30). The predicted molar refractivity (Wildman–Crippen MR) is 137 cm³/mol. The SMILES string of the molecule is CCOc1ccc(N=Cc2cc(Br)c(OCC(=O)Nc3ccc(C)c(Cl)c3)c(Br)c2)cc1. The van der Waals surface area contributed by atoms with Crippen LogP contribution >= 0.6 is 43.5 Å². The van der Waals surface area contributed by atoms with Crippen LogP contribution in [-0.2, 0) is 4.79 Å². The number of hydrogen-bond donors (Lipinski definition) is 1. The minimum absolute atomic E-state index is 0.150. The number of ether oxygens (including phenoxy) is 2. The van der Waals surface area contributed by atoms with E-state index in [9.17, 15) is 4.79 Å². The third-order valence-corrected chi connectivity index (χ3v) is 5.92. The number of anilines is 1. The molecule has 0 aliphatic rings. The van der Waals surface area contributed by atoms with Crippen LogP contribution in [0.2, 0.25) is 5.02 Å². The molecule has 0 aromatic heterocycles. The lowest BCUT2D eigenvalue weighted by Gasteiger charge is -2.12. The molecule has 1 amide bonds. The van der Waals surface area contributed by atoms with Crippen molar-refractivity contribution in [3.05, 3.63) is 79.7 Å². The lowest BCUT2D eigenvalue weighted by Crippen LogP contribution is -2.20. The van der Waals surface area contributed by atoms with Gasteiger partial charge in [-0.15, -0.1) is 0 Å². The number of amides is 1.